The fourth-order valence-electron chi connectivity index (χ4n) is 2.10. The molecule has 1 unspecified atom stereocenters. The van der Waals surface area contributed by atoms with E-state index in [0.29, 0.717) is 6.10 Å². The Labute approximate surface area is 94.0 Å². The molecule has 0 radical (unpaired) electrons. The van der Waals surface area contributed by atoms with Crippen LogP contribution in [0.2, 0.25) is 0 Å². The Morgan fingerprint density at radius 3 is 3.25 bits per heavy atom. The molecule has 0 bridgehead atoms. The van der Waals surface area contributed by atoms with Crippen molar-refractivity contribution in [1.82, 2.24) is 15.3 Å². The molecule has 1 aliphatic rings. The lowest BCUT2D eigenvalue weighted by Crippen LogP contribution is -2.37. The Hall–Kier alpha value is -1.55. The van der Waals surface area contributed by atoms with Crippen LogP contribution >= 0.6 is 0 Å². The number of ether oxygens (including phenoxy) is 1. The van der Waals surface area contributed by atoms with Gasteiger partial charge in [0.05, 0.1) is 17.4 Å². The first-order chi connectivity index (χ1) is 7.92. The van der Waals surface area contributed by atoms with E-state index in [2.05, 4.69) is 15.3 Å². The zero-order chi connectivity index (χ0) is 10.8. The van der Waals surface area contributed by atoms with Gasteiger partial charge in [-0.25, -0.2) is 4.98 Å². The van der Waals surface area contributed by atoms with Crippen LogP contribution < -0.4 is 10.1 Å². The van der Waals surface area contributed by atoms with Gasteiger partial charge in [-0.05, 0) is 31.5 Å². The minimum atomic E-state index is 0.300. The fraction of sp³-hybridized carbons (Fsp3) is 0.417. The monoisotopic (exact) mass is 217 g/mol. The highest BCUT2D eigenvalue weighted by atomic mass is 16.5. The zero-order valence-electron chi connectivity index (χ0n) is 9.07. The van der Waals surface area contributed by atoms with Gasteiger partial charge in [0.25, 0.3) is 0 Å². The van der Waals surface area contributed by atoms with Crippen molar-refractivity contribution in [1.29, 1.82) is 0 Å². The summed E-state index contributed by atoms with van der Waals surface area (Å²) in [4.78, 5) is 7.27. The van der Waals surface area contributed by atoms with E-state index in [1.807, 2.05) is 18.2 Å². The highest BCUT2D eigenvalue weighted by molar-refractivity contribution is 5.75. The van der Waals surface area contributed by atoms with Crippen molar-refractivity contribution >= 4 is 11.0 Å². The van der Waals surface area contributed by atoms with Crippen LogP contribution in [0.4, 0.5) is 0 Å². The van der Waals surface area contributed by atoms with Crippen molar-refractivity contribution in [2.45, 2.75) is 18.9 Å². The number of nitrogens with one attached hydrogen (secondary N) is 2. The van der Waals surface area contributed by atoms with Crippen LogP contribution in [0, 0.1) is 0 Å². The molecule has 84 valence electrons. The number of piperidine rings is 1. The molecule has 4 nitrogen and oxygen atoms in total. The van der Waals surface area contributed by atoms with Crippen molar-refractivity contribution in [2.75, 3.05) is 13.1 Å². The van der Waals surface area contributed by atoms with Gasteiger partial charge in [0.1, 0.15) is 11.9 Å². The summed E-state index contributed by atoms with van der Waals surface area (Å²) < 4.78 is 5.92. The third-order valence-corrected chi connectivity index (χ3v) is 2.95. The molecule has 2 N–H and O–H groups in total. The first-order valence-corrected chi connectivity index (χ1v) is 5.72. The predicted molar refractivity (Wildman–Crippen MR) is 62.6 cm³/mol. The molecular weight excluding hydrogens is 202 g/mol. The average Bonchev–Trinajstić information content (AvgIpc) is 2.77. The summed E-state index contributed by atoms with van der Waals surface area (Å²) in [7, 11) is 0. The maximum atomic E-state index is 5.92. The fourth-order valence-corrected chi connectivity index (χ4v) is 2.10. The van der Waals surface area contributed by atoms with Gasteiger partial charge in [-0.3, -0.25) is 0 Å². The van der Waals surface area contributed by atoms with E-state index in [4.69, 9.17) is 4.74 Å². The summed E-state index contributed by atoms with van der Waals surface area (Å²) in [6.07, 6.45) is 4.33. The molecule has 0 aliphatic carbocycles. The van der Waals surface area contributed by atoms with Gasteiger partial charge < -0.3 is 15.0 Å². The van der Waals surface area contributed by atoms with Gasteiger partial charge in [0, 0.05) is 12.6 Å². The number of imidazole rings is 1. The largest absolute Gasteiger partial charge is 0.489 e. The standard InChI is InChI=1S/C12H15N3O/c1-2-10(7-13-5-1)16-9-3-4-11-12(6-9)15-8-14-11/h3-4,6,8,10,13H,1-2,5,7H2,(H,14,15). The van der Waals surface area contributed by atoms with Crippen LogP contribution in [0.5, 0.6) is 5.75 Å². The molecule has 2 heterocycles. The second kappa shape index (κ2) is 4.14. The smallest absolute Gasteiger partial charge is 0.122 e. The molecule has 16 heavy (non-hydrogen) atoms. The first-order valence-electron chi connectivity index (χ1n) is 5.72. The number of rotatable bonds is 2. The molecule has 0 saturated carbocycles. The Balaban J connectivity index is 1.77. The number of hydrogen-bond acceptors (Lipinski definition) is 3. The van der Waals surface area contributed by atoms with Crippen molar-refractivity contribution in [2.24, 2.45) is 0 Å². The van der Waals surface area contributed by atoms with E-state index < -0.39 is 0 Å². The average molecular weight is 217 g/mol. The van der Waals surface area contributed by atoms with Gasteiger partial charge in [0.2, 0.25) is 0 Å². The first kappa shape index (κ1) is 9.66. The third kappa shape index (κ3) is 1.88. The van der Waals surface area contributed by atoms with Gasteiger partial charge in [-0.2, -0.15) is 0 Å². The summed E-state index contributed by atoms with van der Waals surface area (Å²) in [5.74, 6) is 0.922. The van der Waals surface area contributed by atoms with Crippen molar-refractivity contribution < 1.29 is 4.74 Å². The van der Waals surface area contributed by atoms with Crippen molar-refractivity contribution in [3.05, 3.63) is 24.5 Å². The molecule has 1 aliphatic heterocycles. The number of hydrogen-bond donors (Lipinski definition) is 2. The Morgan fingerprint density at radius 2 is 2.38 bits per heavy atom. The van der Waals surface area contributed by atoms with Gasteiger partial charge >= 0.3 is 0 Å². The highest BCUT2D eigenvalue weighted by Crippen LogP contribution is 2.20. The zero-order valence-corrected chi connectivity index (χ0v) is 9.07. The van der Waals surface area contributed by atoms with E-state index in [0.717, 1.165) is 36.3 Å². The van der Waals surface area contributed by atoms with Gasteiger partial charge in [-0.1, -0.05) is 0 Å². The van der Waals surface area contributed by atoms with E-state index in [9.17, 15) is 0 Å². The van der Waals surface area contributed by atoms with E-state index in [-0.39, 0.29) is 0 Å². The number of fused-ring (bicyclic) bond motifs is 1. The lowest BCUT2D eigenvalue weighted by atomic mass is 10.1. The minimum Gasteiger partial charge on any atom is -0.489 e. The maximum absolute atomic E-state index is 5.92. The Kier molecular flexibility index (Phi) is 2.50. The van der Waals surface area contributed by atoms with Gasteiger partial charge in [-0.15, -0.1) is 0 Å². The molecule has 2 aromatic rings. The highest BCUT2D eigenvalue weighted by Gasteiger charge is 2.14. The van der Waals surface area contributed by atoms with Crippen LogP contribution in [0.25, 0.3) is 11.0 Å². The second-order valence-corrected chi connectivity index (χ2v) is 4.17. The van der Waals surface area contributed by atoms with E-state index >= 15 is 0 Å². The van der Waals surface area contributed by atoms with Crippen LogP contribution in [-0.4, -0.2) is 29.2 Å². The molecule has 1 fully saturated rings. The second-order valence-electron chi connectivity index (χ2n) is 4.17. The number of H-pyrrole nitrogens is 1. The number of aromatic nitrogens is 2. The van der Waals surface area contributed by atoms with Crippen LogP contribution in [0.1, 0.15) is 12.8 Å². The summed E-state index contributed by atoms with van der Waals surface area (Å²) in [5.41, 5.74) is 2.01. The molecule has 0 spiro atoms. The predicted octanol–water partition coefficient (Wildman–Crippen LogP) is 1.69. The summed E-state index contributed by atoms with van der Waals surface area (Å²) in [5, 5.41) is 3.34. The normalized spacial score (nSPS) is 21.1. The molecule has 3 rings (SSSR count). The lowest BCUT2D eigenvalue weighted by molar-refractivity contribution is 0.167. The topological polar surface area (TPSA) is 49.9 Å². The number of nitrogens with zero attached hydrogens (tertiary/aromatic N) is 1. The third-order valence-electron chi connectivity index (χ3n) is 2.95. The summed E-state index contributed by atoms with van der Waals surface area (Å²) >= 11 is 0. The molecule has 1 aromatic carbocycles. The summed E-state index contributed by atoms with van der Waals surface area (Å²) in [6.45, 7) is 2.06. The molecule has 1 aromatic heterocycles. The number of aromatic amines is 1. The minimum absolute atomic E-state index is 0.300. The van der Waals surface area contributed by atoms with Crippen LogP contribution in [0.3, 0.4) is 0 Å². The molecular formula is C12H15N3O. The SMILES string of the molecule is c1nc2ccc(OC3CCCNC3)cc2[nH]1. The van der Waals surface area contributed by atoms with Crippen molar-refractivity contribution in [3.63, 3.8) is 0 Å². The van der Waals surface area contributed by atoms with Crippen LogP contribution in [0.15, 0.2) is 24.5 Å². The lowest BCUT2D eigenvalue weighted by Gasteiger charge is -2.23. The Morgan fingerprint density at radius 1 is 1.38 bits per heavy atom. The van der Waals surface area contributed by atoms with Gasteiger partial charge in [0.15, 0.2) is 0 Å². The Bertz CT molecular complexity index is 474. The number of benzene rings is 1. The van der Waals surface area contributed by atoms with E-state index in [1.165, 1.54) is 6.42 Å². The molecule has 4 heteroatoms. The maximum Gasteiger partial charge on any atom is 0.122 e. The van der Waals surface area contributed by atoms with Crippen LogP contribution in [-0.2, 0) is 0 Å². The quantitative estimate of drug-likeness (QED) is 0.805. The summed E-state index contributed by atoms with van der Waals surface area (Å²) in [6, 6.07) is 5.98. The van der Waals surface area contributed by atoms with E-state index in [1.54, 1.807) is 6.33 Å². The molecule has 0 amide bonds. The molecule has 1 atom stereocenters. The molecule has 1 saturated heterocycles. The van der Waals surface area contributed by atoms with Crippen molar-refractivity contribution in [3.8, 4) is 5.75 Å².